The van der Waals surface area contributed by atoms with Crippen LogP contribution in [0.1, 0.15) is 47.8 Å². The van der Waals surface area contributed by atoms with E-state index in [1.807, 2.05) is 11.4 Å². The lowest BCUT2D eigenvalue weighted by atomic mass is 9.97. The number of amides is 1. The highest BCUT2D eigenvalue weighted by molar-refractivity contribution is 7.12. The first-order valence-corrected chi connectivity index (χ1v) is 7.48. The summed E-state index contributed by atoms with van der Waals surface area (Å²) in [7, 11) is 0. The first kappa shape index (κ1) is 14.1. The molecule has 1 atom stereocenters. The minimum atomic E-state index is -0.798. The Morgan fingerprint density at radius 2 is 2.21 bits per heavy atom. The Morgan fingerprint density at radius 1 is 1.47 bits per heavy atom. The molecule has 0 spiro atoms. The van der Waals surface area contributed by atoms with Gasteiger partial charge in [-0.1, -0.05) is 13.8 Å². The van der Waals surface area contributed by atoms with E-state index in [9.17, 15) is 9.59 Å². The molecule has 1 aliphatic heterocycles. The van der Waals surface area contributed by atoms with Gasteiger partial charge in [-0.15, -0.1) is 11.3 Å². The van der Waals surface area contributed by atoms with Crippen LogP contribution in [0.25, 0.3) is 0 Å². The topological polar surface area (TPSA) is 57.6 Å². The van der Waals surface area contributed by atoms with E-state index in [1.165, 1.54) is 11.3 Å². The average Bonchev–Trinajstić information content (AvgIpc) is 2.87. The second-order valence-electron chi connectivity index (χ2n) is 5.29. The molecule has 1 aromatic heterocycles. The molecule has 1 N–H and O–H groups in total. The van der Waals surface area contributed by atoms with Crippen LogP contribution in [0.3, 0.4) is 0 Å². The number of carbonyl (C=O) groups excluding carboxylic acids is 1. The number of hydrogen-bond donors (Lipinski definition) is 1. The van der Waals surface area contributed by atoms with Crippen molar-refractivity contribution >= 4 is 23.2 Å². The van der Waals surface area contributed by atoms with Gasteiger partial charge in [0.15, 0.2) is 0 Å². The third-order valence-corrected chi connectivity index (χ3v) is 4.49. The summed E-state index contributed by atoms with van der Waals surface area (Å²) in [6, 6.07) is 1.99. The van der Waals surface area contributed by atoms with E-state index in [1.54, 1.807) is 4.90 Å². The monoisotopic (exact) mass is 281 g/mol. The Hall–Kier alpha value is -1.36. The van der Waals surface area contributed by atoms with Crippen molar-refractivity contribution < 1.29 is 14.7 Å². The fourth-order valence-electron chi connectivity index (χ4n) is 2.45. The molecule has 0 bridgehead atoms. The molecule has 1 amide bonds. The van der Waals surface area contributed by atoms with E-state index in [0.717, 1.165) is 16.9 Å². The average molecular weight is 281 g/mol. The van der Waals surface area contributed by atoms with Crippen molar-refractivity contribution in [2.75, 3.05) is 13.1 Å². The van der Waals surface area contributed by atoms with Gasteiger partial charge in [-0.2, -0.15) is 0 Å². The molecule has 1 aromatic rings. The lowest BCUT2D eigenvalue weighted by Crippen LogP contribution is -2.42. The van der Waals surface area contributed by atoms with E-state index in [0.29, 0.717) is 25.4 Å². The molecule has 104 valence electrons. The van der Waals surface area contributed by atoms with Gasteiger partial charge in [-0.05, 0) is 35.8 Å². The quantitative estimate of drug-likeness (QED) is 0.927. The summed E-state index contributed by atoms with van der Waals surface area (Å²) >= 11 is 1.45. The van der Waals surface area contributed by atoms with Crippen LogP contribution in [0.2, 0.25) is 0 Å². The Labute approximate surface area is 117 Å². The van der Waals surface area contributed by atoms with Gasteiger partial charge in [0.05, 0.1) is 10.8 Å². The van der Waals surface area contributed by atoms with Crippen LogP contribution in [0.4, 0.5) is 0 Å². The zero-order valence-corrected chi connectivity index (χ0v) is 12.1. The van der Waals surface area contributed by atoms with Gasteiger partial charge in [-0.25, -0.2) is 0 Å². The normalized spacial score (nSPS) is 19.7. The molecule has 0 radical (unpaired) electrons. The van der Waals surface area contributed by atoms with Crippen molar-refractivity contribution in [3.8, 4) is 0 Å². The summed E-state index contributed by atoms with van der Waals surface area (Å²) in [6.07, 6.45) is 1.44. The number of rotatable bonds is 3. The molecule has 0 aliphatic carbocycles. The fraction of sp³-hybridized carbons (Fsp3) is 0.571. The third kappa shape index (κ3) is 2.97. The van der Waals surface area contributed by atoms with Gasteiger partial charge < -0.3 is 10.0 Å². The van der Waals surface area contributed by atoms with Gasteiger partial charge >= 0.3 is 5.97 Å². The molecule has 2 rings (SSSR count). The molecule has 1 saturated heterocycles. The van der Waals surface area contributed by atoms with Crippen molar-refractivity contribution in [2.24, 2.45) is 5.92 Å². The van der Waals surface area contributed by atoms with E-state index >= 15 is 0 Å². The Bertz CT molecular complexity index is 481. The molecular weight excluding hydrogens is 262 g/mol. The van der Waals surface area contributed by atoms with Gasteiger partial charge in [0, 0.05) is 13.1 Å². The zero-order valence-electron chi connectivity index (χ0n) is 11.3. The standard InChI is InChI=1S/C14H19NO3S/c1-9(2)11-5-7-19-12(11)13(16)15-6-3-4-10(8-15)14(17)18/h5,7,9-10H,3-4,6,8H2,1-2H3,(H,17,18)/t10-/m0/s1. The number of thiophene rings is 1. The number of hydrogen-bond acceptors (Lipinski definition) is 3. The number of piperidine rings is 1. The number of carboxylic acid groups (broad SMARTS) is 1. The van der Waals surface area contributed by atoms with Crippen LogP contribution in [0.15, 0.2) is 11.4 Å². The third-order valence-electron chi connectivity index (χ3n) is 3.57. The number of carboxylic acids is 1. The van der Waals surface area contributed by atoms with E-state index in [-0.39, 0.29) is 5.91 Å². The number of carbonyl (C=O) groups is 2. The zero-order chi connectivity index (χ0) is 14.0. The largest absolute Gasteiger partial charge is 0.481 e. The van der Waals surface area contributed by atoms with E-state index in [2.05, 4.69) is 13.8 Å². The second kappa shape index (κ2) is 5.74. The highest BCUT2D eigenvalue weighted by Gasteiger charge is 2.30. The maximum atomic E-state index is 12.5. The van der Waals surface area contributed by atoms with Gasteiger partial charge in [0.1, 0.15) is 0 Å². The number of likely N-dealkylation sites (tertiary alicyclic amines) is 1. The van der Waals surface area contributed by atoms with Crippen molar-refractivity contribution in [2.45, 2.75) is 32.6 Å². The molecule has 1 fully saturated rings. The maximum Gasteiger partial charge on any atom is 0.308 e. The van der Waals surface area contributed by atoms with Crippen molar-refractivity contribution in [1.29, 1.82) is 0 Å². The van der Waals surface area contributed by atoms with E-state index < -0.39 is 11.9 Å². The molecule has 4 nitrogen and oxygen atoms in total. The first-order chi connectivity index (χ1) is 9.00. The van der Waals surface area contributed by atoms with Crippen LogP contribution in [0.5, 0.6) is 0 Å². The van der Waals surface area contributed by atoms with Crippen LogP contribution < -0.4 is 0 Å². The van der Waals surface area contributed by atoms with Crippen LogP contribution >= 0.6 is 11.3 Å². The summed E-state index contributed by atoms with van der Waals surface area (Å²) < 4.78 is 0. The fourth-order valence-corrected chi connectivity index (χ4v) is 3.47. The molecule has 0 unspecified atom stereocenters. The molecule has 2 heterocycles. The lowest BCUT2D eigenvalue weighted by Gasteiger charge is -2.30. The molecule has 0 saturated carbocycles. The highest BCUT2D eigenvalue weighted by atomic mass is 32.1. The van der Waals surface area contributed by atoms with Crippen molar-refractivity contribution in [1.82, 2.24) is 4.90 Å². The Kier molecular flexibility index (Phi) is 4.24. The van der Waals surface area contributed by atoms with Gasteiger partial charge in [0.2, 0.25) is 0 Å². The summed E-state index contributed by atoms with van der Waals surface area (Å²) in [6.45, 7) is 5.13. The smallest absolute Gasteiger partial charge is 0.308 e. The second-order valence-corrected chi connectivity index (χ2v) is 6.20. The van der Waals surface area contributed by atoms with Gasteiger partial charge in [-0.3, -0.25) is 9.59 Å². The SMILES string of the molecule is CC(C)c1ccsc1C(=O)N1CCC[C@H](C(=O)O)C1. The predicted octanol–water partition coefficient (Wildman–Crippen LogP) is 2.81. The van der Waals surface area contributed by atoms with Crippen molar-refractivity contribution in [3.05, 3.63) is 21.9 Å². The minimum Gasteiger partial charge on any atom is -0.481 e. The highest BCUT2D eigenvalue weighted by Crippen LogP contribution is 2.27. The summed E-state index contributed by atoms with van der Waals surface area (Å²) in [4.78, 5) is 26.0. The summed E-state index contributed by atoms with van der Waals surface area (Å²) in [5.74, 6) is -0.914. The van der Waals surface area contributed by atoms with Crippen LogP contribution in [0, 0.1) is 5.92 Å². The molecule has 1 aliphatic rings. The first-order valence-electron chi connectivity index (χ1n) is 6.60. The minimum absolute atomic E-state index is 0.00958. The molecule has 19 heavy (non-hydrogen) atoms. The maximum absolute atomic E-state index is 12.5. The molecule has 5 heteroatoms. The summed E-state index contributed by atoms with van der Waals surface area (Å²) in [5.41, 5.74) is 1.06. The molecule has 0 aromatic carbocycles. The van der Waals surface area contributed by atoms with E-state index in [4.69, 9.17) is 5.11 Å². The predicted molar refractivity (Wildman–Crippen MR) is 74.7 cm³/mol. The molecular formula is C14H19NO3S. The van der Waals surface area contributed by atoms with Crippen LogP contribution in [-0.4, -0.2) is 35.0 Å². The number of aliphatic carboxylic acids is 1. The Morgan fingerprint density at radius 3 is 2.84 bits per heavy atom. The summed E-state index contributed by atoms with van der Waals surface area (Å²) in [5, 5.41) is 11.0. The van der Waals surface area contributed by atoms with Crippen LogP contribution in [-0.2, 0) is 4.79 Å². The number of nitrogens with zero attached hydrogens (tertiary/aromatic N) is 1. The lowest BCUT2D eigenvalue weighted by molar-refractivity contribution is -0.143. The van der Waals surface area contributed by atoms with Crippen molar-refractivity contribution in [3.63, 3.8) is 0 Å². The van der Waals surface area contributed by atoms with Gasteiger partial charge in [0.25, 0.3) is 5.91 Å². The Balaban J connectivity index is 2.15.